The molecule has 5 atom stereocenters. The zero-order valence-corrected chi connectivity index (χ0v) is 18.5. The SMILES string of the molecule is Nc1nc2c(ncn2[C@H]2C[C@H](O)[C@@H](COP(=O)(O)OP(=O)(O)OP(O)(O)=S)O2)c(=O)[nH]1. The Morgan fingerprint density at radius 2 is 1.97 bits per heavy atom. The number of nitrogen functional groups attached to an aromatic ring is 1. The standard InChI is InChI=1S/C10H16N5O12P3S/c11-10-13-8-7(9(17)14-10)12-3-15(8)6-1-4(16)5(25-6)2-24-28(18,19)26-29(20,21)27-30(22,23)31/h3-6,16H,1-2H2,(H,18,19)(H,20,21)(H2,22,23,31)(H3,11,13,14,17)/t4-,5+,6+/m0/s1. The zero-order chi connectivity index (χ0) is 23.2. The molecule has 0 radical (unpaired) electrons. The van der Waals surface area contributed by atoms with Crippen LogP contribution in [0.5, 0.6) is 0 Å². The molecule has 1 saturated heterocycles. The van der Waals surface area contributed by atoms with Crippen molar-refractivity contribution < 1.29 is 51.7 Å². The van der Waals surface area contributed by atoms with E-state index in [1.54, 1.807) is 0 Å². The number of H-pyrrole nitrogens is 1. The molecule has 1 aliphatic rings. The van der Waals surface area contributed by atoms with E-state index in [-0.39, 0.29) is 23.5 Å². The molecule has 0 saturated carbocycles. The monoisotopic (exact) mass is 523 g/mol. The van der Waals surface area contributed by atoms with Gasteiger partial charge in [0.1, 0.15) is 12.3 Å². The number of fused-ring (bicyclic) bond motifs is 1. The first kappa shape index (κ1) is 24.5. The summed E-state index contributed by atoms with van der Waals surface area (Å²) in [7, 11) is -10.7. The number of aliphatic hydroxyl groups excluding tert-OH is 1. The maximum atomic E-state index is 11.8. The lowest BCUT2D eigenvalue weighted by atomic mass is 10.2. The van der Waals surface area contributed by atoms with Crippen molar-refractivity contribution in [1.82, 2.24) is 19.5 Å². The third-order valence-electron chi connectivity index (χ3n) is 3.78. The lowest BCUT2D eigenvalue weighted by Crippen LogP contribution is -2.26. The summed E-state index contributed by atoms with van der Waals surface area (Å²) >= 11 is 3.97. The van der Waals surface area contributed by atoms with E-state index >= 15 is 0 Å². The minimum atomic E-state index is -5.46. The zero-order valence-electron chi connectivity index (χ0n) is 15.0. The first-order valence-electron chi connectivity index (χ1n) is 8.00. The summed E-state index contributed by atoms with van der Waals surface area (Å²) in [6.45, 7) is -5.48. The van der Waals surface area contributed by atoms with Crippen molar-refractivity contribution in [2.24, 2.45) is 0 Å². The fraction of sp³-hybridized carbons (Fsp3) is 0.500. The van der Waals surface area contributed by atoms with Gasteiger partial charge in [0.25, 0.3) is 5.56 Å². The van der Waals surface area contributed by atoms with Gasteiger partial charge in [-0.25, -0.2) is 18.4 Å². The molecular formula is C10H16N5O12P3S. The molecule has 2 unspecified atom stereocenters. The average molecular weight is 523 g/mol. The van der Waals surface area contributed by atoms with Gasteiger partial charge in [0, 0.05) is 6.42 Å². The summed E-state index contributed by atoms with van der Waals surface area (Å²) in [5.74, 6) is -0.178. The lowest BCUT2D eigenvalue weighted by molar-refractivity contribution is -0.0423. The van der Waals surface area contributed by atoms with Crippen LogP contribution in [0.25, 0.3) is 11.2 Å². The van der Waals surface area contributed by atoms with Crippen molar-refractivity contribution in [1.29, 1.82) is 0 Å². The van der Waals surface area contributed by atoms with Crippen molar-refractivity contribution in [3.63, 3.8) is 0 Å². The Morgan fingerprint density at radius 3 is 2.61 bits per heavy atom. The highest BCUT2D eigenvalue weighted by molar-refractivity contribution is 8.08. The number of nitrogens with zero attached hydrogens (tertiary/aromatic N) is 3. The summed E-state index contributed by atoms with van der Waals surface area (Å²) in [6.07, 6.45) is -2.21. The molecule has 8 N–H and O–H groups in total. The van der Waals surface area contributed by atoms with Crippen LogP contribution in [0.15, 0.2) is 11.1 Å². The normalized spacial score (nSPS) is 26.0. The number of nitrogens with two attached hydrogens (primary N) is 1. The number of imidazole rings is 1. The van der Waals surface area contributed by atoms with Crippen LogP contribution in [0.4, 0.5) is 5.95 Å². The van der Waals surface area contributed by atoms with Crippen molar-refractivity contribution in [2.75, 3.05) is 12.3 Å². The van der Waals surface area contributed by atoms with Gasteiger partial charge in [-0.05, 0) is 11.8 Å². The first-order chi connectivity index (χ1) is 14.2. The Labute approximate surface area is 176 Å². The van der Waals surface area contributed by atoms with Gasteiger partial charge in [-0.15, -0.1) is 0 Å². The number of aromatic amines is 1. The fourth-order valence-corrected chi connectivity index (χ4v) is 6.45. The molecule has 174 valence electrons. The lowest BCUT2D eigenvalue weighted by Gasteiger charge is -2.20. The van der Waals surface area contributed by atoms with Gasteiger partial charge < -0.3 is 35.2 Å². The van der Waals surface area contributed by atoms with E-state index < -0.39 is 53.0 Å². The topological polar surface area (TPSA) is 262 Å². The molecule has 0 spiro atoms. The van der Waals surface area contributed by atoms with Gasteiger partial charge in [0.05, 0.1) is 19.0 Å². The smallest absolute Gasteiger partial charge is 0.390 e. The van der Waals surface area contributed by atoms with Crippen LogP contribution in [-0.4, -0.2) is 63.0 Å². The molecule has 17 nitrogen and oxygen atoms in total. The molecule has 21 heteroatoms. The number of aromatic nitrogens is 4. The third-order valence-corrected chi connectivity index (χ3v) is 8.19. The van der Waals surface area contributed by atoms with Gasteiger partial charge >= 0.3 is 22.4 Å². The van der Waals surface area contributed by atoms with E-state index in [0.29, 0.717) is 0 Å². The van der Waals surface area contributed by atoms with Crippen LogP contribution in [0.1, 0.15) is 12.6 Å². The van der Waals surface area contributed by atoms with Crippen molar-refractivity contribution in [3.05, 3.63) is 16.7 Å². The van der Waals surface area contributed by atoms with Gasteiger partial charge in [-0.2, -0.15) is 9.29 Å². The number of hydrogen-bond donors (Lipinski definition) is 7. The van der Waals surface area contributed by atoms with E-state index in [4.69, 9.17) is 20.3 Å². The molecule has 2 aromatic heterocycles. The number of phosphoric ester groups is 1. The van der Waals surface area contributed by atoms with Crippen molar-refractivity contribution in [2.45, 2.75) is 24.9 Å². The van der Waals surface area contributed by atoms with Gasteiger partial charge in [-0.1, -0.05) is 0 Å². The average Bonchev–Trinajstić information content (AvgIpc) is 3.13. The predicted molar refractivity (Wildman–Crippen MR) is 104 cm³/mol. The Morgan fingerprint density at radius 1 is 1.29 bits per heavy atom. The Hall–Kier alpha value is -1.10. The summed E-state index contributed by atoms with van der Waals surface area (Å²) in [6, 6.07) is 0. The van der Waals surface area contributed by atoms with E-state index in [1.807, 2.05) is 0 Å². The van der Waals surface area contributed by atoms with Crippen LogP contribution in [0.3, 0.4) is 0 Å². The maximum absolute atomic E-state index is 11.8. The van der Waals surface area contributed by atoms with E-state index in [9.17, 15) is 28.8 Å². The maximum Gasteiger partial charge on any atom is 0.488 e. The number of ether oxygens (including phenoxy) is 1. The summed E-state index contributed by atoms with van der Waals surface area (Å²) < 4.78 is 42.3. The van der Waals surface area contributed by atoms with Crippen LogP contribution >= 0.6 is 22.4 Å². The summed E-state index contributed by atoms with van der Waals surface area (Å²) in [5, 5.41) is 10.2. The molecule has 2 aromatic rings. The number of aliphatic hydroxyl groups is 1. The number of phosphoric acid groups is 2. The largest absolute Gasteiger partial charge is 0.488 e. The second-order valence-corrected chi connectivity index (χ2v) is 11.9. The molecule has 0 aliphatic carbocycles. The molecule has 1 fully saturated rings. The molecule has 3 rings (SSSR count). The highest BCUT2D eigenvalue weighted by Gasteiger charge is 2.42. The molecule has 1 aliphatic heterocycles. The predicted octanol–water partition coefficient (Wildman–Crippen LogP) is -1.19. The van der Waals surface area contributed by atoms with Crippen LogP contribution in [-0.2, 0) is 38.8 Å². The van der Waals surface area contributed by atoms with Crippen molar-refractivity contribution >= 4 is 51.3 Å². The van der Waals surface area contributed by atoms with Gasteiger partial charge in [0.15, 0.2) is 11.2 Å². The molecule has 3 heterocycles. The fourth-order valence-electron chi connectivity index (χ4n) is 2.66. The summed E-state index contributed by atoms with van der Waals surface area (Å²) in [5.41, 5.74) is 4.95. The second kappa shape index (κ2) is 8.68. The van der Waals surface area contributed by atoms with Crippen LogP contribution < -0.4 is 11.3 Å². The second-order valence-electron chi connectivity index (χ2n) is 6.09. The van der Waals surface area contributed by atoms with Crippen LogP contribution in [0, 0.1) is 0 Å². The Balaban J connectivity index is 1.67. The van der Waals surface area contributed by atoms with Crippen molar-refractivity contribution in [3.8, 4) is 0 Å². The van der Waals surface area contributed by atoms with E-state index in [1.165, 1.54) is 10.9 Å². The Kier molecular flexibility index (Phi) is 6.87. The molecule has 0 bridgehead atoms. The quantitative estimate of drug-likeness (QED) is 0.201. The Bertz CT molecular complexity index is 1180. The number of nitrogens with one attached hydrogen (secondary N) is 1. The van der Waals surface area contributed by atoms with Gasteiger partial charge in [-0.3, -0.25) is 18.9 Å². The first-order valence-corrected chi connectivity index (χ1v) is 13.6. The highest BCUT2D eigenvalue weighted by Crippen LogP contribution is 2.66. The minimum absolute atomic E-state index is 0.0348. The minimum Gasteiger partial charge on any atom is -0.390 e. The number of rotatable bonds is 8. The molecule has 0 aromatic carbocycles. The van der Waals surface area contributed by atoms with E-state index in [2.05, 4.69) is 39.9 Å². The van der Waals surface area contributed by atoms with Gasteiger partial charge in [0.2, 0.25) is 5.95 Å². The molecular weight excluding hydrogens is 507 g/mol. The molecule has 31 heavy (non-hydrogen) atoms. The van der Waals surface area contributed by atoms with E-state index in [0.717, 1.165) is 0 Å². The molecule has 0 amide bonds. The van der Waals surface area contributed by atoms with Crippen LogP contribution in [0.2, 0.25) is 0 Å². The highest BCUT2D eigenvalue weighted by atomic mass is 32.5. The summed E-state index contributed by atoms with van der Waals surface area (Å²) in [4.78, 5) is 58.5. The number of hydrogen-bond acceptors (Lipinski definition) is 12. The third kappa shape index (κ3) is 6.24. The number of anilines is 1.